The van der Waals surface area contributed by atoms with Crippen LogP contribution in [0.2, 0.25) is 0 Å². The van der Waals surface area contributed by atoms with Crippen LogP contribution in [0.1, 0.15) is 47.2 Å². The number of anilines is 3. The maximum absolute atomic E-state index is 9.98. The fourth-order valence-electron chi connectivity index (χ4n) is 7.67. The van der Waals surface area contributed by atoms with Crippen LogP contribution in [0.15, 0.2) is 127 Å². The Morgan fingerprint density at radius 3 is 1.94 bits per heavy atom. The van der Waals surface area contributed by atoms with Crippen molar-refractivity contribution in [2.75, 3.05) is 4.90 Å². The standard InChI is InChI=1S/C45H29N3S/c1-45(2)37-11-7-10-30-17-18-31-22-29(23-38(45)44(31)43(30)37)15-14-28-16-20-35-36-21-19-34(25-42(36)49-41(35)24-28)48(39-12-5-3-8-32(39)26-46)40-13-6-4-9-33(40)27-47/h3-25H,1-2H3/b15-14+. The molecular formula is C45H29N3S. The average Bonchev–Trinajstić information content (AvgIpc) is 3.61. The van der Waals surface area contributed by atoms with E-state index in [1.54, 1.807) is 11.3 Å². The van der Waals surface area contributed by atoms with Gasteiger partial charge in [0, 0.05) is 31.3 Å². The monoisotopic (exact) mass is 643 g/mol. The molecule has 49 heavy (non-hydrogen) atoms. The molecule has 1 aliphatic rings. The highest BCUT2D eigenvalue weighted by Gasteiger charge is 2.33. The Bertz CT molecular complexity index is 2730. The molecule has 4 heteroatoms. The summed E-state index contributed by atoms with van der Waals surface area (Å²) in [6, 6.07) is 48.8. The Labute approximate surface area is 288 Å². The molecule has 0 atom stereocenters. The van der Waals surface area contributed by atoms with Gasteiger partial charge in [0.1, 0.15) is 12.1 Å². The molecule has 230 valence electrons. The van der Waals surface area contributed by atoms with E-state index >= 15 is 0 Å². The van der Waals surface area contributed by atoms with Gasteiger partial charge in [0.2, 0.25) is 0 Å². The molecule has 8 aromatic rings. The van der Waals surface area contributed by atoms with E-state index in [4.69, 9.17) is 0 Å². The molecule has 1 aromatic heterocycles. The number of para-hydroxylation sites is 2. The predicted octanol–water partition coefficient (Wildman–Crippen LogP) is 12.4. The molecule has 9 rings (SSSR count). The van der Waals surface area contributed by atoms with Gasteiger partial charge in [-0.05, 0) is 92.3 Å². The molecule has 0 unspecified atom stereocenters. The molecule has 1 heterocycles. The van der Waals surface area contributed by atoms with Crippen molar-refractivity contribution in [1.82, 2.24) is 0 Å². The van der Waals surface area contributed by atoms with Crippen LogP contribution in [0.25, 0.3) is 53.9 Å². The van der Waals surface area contributed by atoms with Crippen molar-refractivity contribution < 1.29 is 0 Å². The van der Waals surface area contributed by atoms with E-state index in [1.165, 1.54) is 53.7 Å². The van der Waals surface area contributed by atoms with Crippen molar-refractivity contribution >= 4 is 82.3 Å². The quantitative estimate of drug-likeness (QED) is 0.138. The van der Waals surface area contributed by atoms with Gasteiger partial charge < -0.3 is 4.90 Å². The second kappa shape index (κ2) is 10.9. The average molecular weight is 644 g/mol. The van der Waals surface area contributed by atoms with Gasteiger partial charge >= 0.3 is 0 Å². The molecule has 0 radical (unpaired) electrons. The first-order valence-electron chi connectivity index (χ1n) is 16.4. The van der Waals surface area contributed by atoms with Gasteiger partial charge in [0.15, 0.2) is 0 Å². The van der Waals surface area contributed by atoms with Crippen molar-refractivity contribution in [1.29, 1.82) is 10.5 Å². The second-order valence-corrected chi connectivity index (χ2v) is 14.3. The van der Waals surface area contributed by atoms with E-state index < -0.39 is 0 Å². The first-order chi connectivity index (χ1) is 23.9. The molecule has 0 bridgehead atoms. The summed E-state index contributed by atoms with van der Waals surface area (Å²) in [5, 5.41) is 27.8. The summed E-state index contributed by atoms with van der Waals surface area (Å²) in [5.41, 5.74) is 8.61. The van der Waals surface area contributed by atoms with E-state index in [9.17, 15) is 10.5 Å². The molecule has 0 N–H and O–H groups in total. The van der Waals surface area contributed by atoms with E-state index in [-0.39, 0.29) is 5.41 Å². The van der Waals surface area contributed by atoms with Crippen LogP contribution in [0, 0.1) is 22.7 Å². The van der Waals surface area contributed by atoms with E-state index in [1.807, 2.05) is 53.4 Å². The van der Waals surface area contributed by atoms with Crippen molar-refractivity contribution in [3.63, 3.8) is 0 Å². The lowest BCUT2D eigenvalue weighted by Crippen LogP contribution is -2.15. The normalized spacial score (nSPS) is 13.1. The smallest absolute Gasteiger partial charge is 0.101 e. The third-order valence-corrected chi connectivity index (χ3v) is 11.2. The first-order valence-corrected chi connectivity index (χ1v) is 17.2. The van der Waals surface area contributed by atoms with E-state index in [2.05, 4.69) is 117 Å². The zero-order valence-corrected chi connectivity index (χ0v) is 27.8. The summed E-state index contributed by atoms with van der Waals surface area (Å²) in [6.45, 7) is 4.68. The fraction of sp³-hybridized carbons (Fsp3) is 0.0667. The summed E-state index contributed by atoms with van der Waals surface area (Å²) < 4.78 is 2.36. The summed E-state index contributed by atoms with van der Waals surface area (Å²) in [5.74, 6) is 0. The summed E-state index contributed by atoms with van der Waals surface area (Å²) in [4.78, 5) is 2.02. The highest BCUT2D eigenvalue weighted by Crippen LogP contribution is 2.49. The van der Waals surface area contributed by atoms with Crippen LogP contribution in [0.3, 0.4) is 0 Å². The zero-order chi connectivity index (χ0) is 33.3. The lowest BCUT2D eigenvalue weighted by Gasteiger charge is -2.27. The largest absolute Gasteiger partial charge is 0.308 e. The molecule has 7 aromatic carbocycles. The Kier molecular flexibility index (Phi) is 6.46. The van der Waals surface area contributed by atoms with E-state index in [0.717, 1.165) is 27.3 Å². The SMILES string of the molecule is CC1(C)c2cccc3ccc4cc(/C=C/c5ccc6c(c5)sc5cc(N(c7ccccc7C#N)c7ccccc7C#N)ccc56)cc1c4c23. The number of hydrogen-bond acceptors (Lipinski definition) is 4. The van der Waals surface area contributed by atoms with Gasteiger partial charge in [-0.15, -0.1) is 11.3 Å². The minimum absolute atomic E-state index is 0.0386. The van der Waals surface area contributed by atoms with Crippen LogP contribution >= 0.6 is 11.3 Å². The number of fused-ring (bicyclic) bond motifs is 3. The molecule has 1 aliphatic carbocycles. The zero-order valence-electron chi connectivity index (χ0n) is 27.0. The number of rotatable bonds is 5. The Hall–Kier alpha value is -6.20. The number of nitrogens with zero attached hydrogens (tertiary/aromatic N) is 3. The molecular weight excluding hydrogens is 615 g/mol. The molecule has 0 spiro atoms. The molecule has 0 saturated carbocycles. The van der Waals surface area contributed by atoms with Crippen LogP contribution < -0.4 is 4.90 Å². The Morgan fingerprint density at radius 1 is 0.571 bits per heavy atom. The minimum atomic E-state index is -0.0386. The van der Waals surface area contributed by atoms with Crippen LogP contribution in [-0.2, 0) is 5.41 Å². The second-order valence-electron chi connectivity index (χ2n) is 13.2. The van der Waals surface area contributed by atoms with Crippen molar-refractivity contribution in [2.45, 2.75) is 19.3 Å². The van der Waals surface area contributed by atoms with Crippen LogP contribution in [0.5, 0.6) is 0 Å². The number of nitriles is 2. The molecule has 0 aliphatic heterocycles. The number of benzene rings is 7. The predicted molar refractivity (Wildman–Crippen MR) is 206 cm³/mol. The number of hydrogen-bond donors (Lipinski definition) is 0. The maximum atomic E-state index is 9.98. The van der Waals surface area contributed by atoms with Gasteiger partial charge in [0.25, 0.3) is 0 Å². The molecule has 0 fully saturated rings. The summed E-state index contributed by atoms with van der Waals surface area (Å²) >= 11 is 1.76. The van der Waals surface area contributed by atoms with Gasteiger partial charge in [-0.25, -0.2) is 0 Å². The Balaban J connectivity index is 1.11. The van der Waals surface area contributed by atoms with Gasteiger partial charge in [-0.3, -0.25) is 0 Å². The fourth-order valence-corrected chi connectivity index (χ4v) is 8.86. The molecule has 0 saturated heterocycles. The van der Waals surface area contributed by atoms with Gasteiger partial charge in [0.05, 0.1) is 22.5 Å². The van der Waals surface area contributed by atoms with Crippen LogP contribution in [0.4, 0.5) is 17.1 Å². The third kappa shape index (κ3) is 4.46. The lowest BCUT2D eigenvalue weighted by atomic mass is 9.81. The first kappa shape index (κ1) is 29.0. The van der Waals surface area contributed by atoms with Crippen molar-refractivity contribution in [3.8, 4) is 12.1 Å². The van der Waals surface area contributed by atoms with Crippen LogP contribution in [-0.4, -0.2) is 0 Å². The van der Waals surface area contributed by atoms with Gasteiger partial charge in [-0.2, -0.15) is 10.5 Å². The maximum Gasteiger partial charge on any atom is 0.101 e. The Morgan fingerprint density at radius 2 is 1.20 bits per heavy atom. The summed E-state index contributed by atoms with van der Waals surface area (Å²) in [7, 11) is 0. The van der Waals surface area contributed by atoms with Crippen molar-refractivity contribution in [3.05, 3.63) is 161 Å². The molecule has 0 amide bonds. The third-order valence-electron chi connectivity index (χ3n) is 10.1. The van der Waals surface area contributed by atoms with E-state index in [0.29, 0.717) is 11.1 Å². The summed E-state index contributed by atoms with van der Waals surface area (Å²) in [6.07, 6.45) is 4.46. The lowest BCUT2D eigenvalue weighted by molar-refractivity contribution is 0.662. The minimum Gasteiger partial charge on any atom is -0.308 e. The topological polar surface area (TPSA) is 50.8 Å². The van der Waals surface area contributed by atoms with Gasteiger partial charge in [-0.1, -0.05) is 105 Å². The highest BCUT2D eigenvalue weighted by atomic mass is 32.1. The highest BCUT2D eigenvalue weighted by molar-refractivity contribution is 7.25. The van der Waals surface area contributed by atoms with Crippen molar-refractivity contribution in [2.24, 2.45) is 0 Å². The number of thiophene rings is 1. The molecule has 3 nitrogen and oxygen atoms in total.